The highest BCUT2D eigenvalue weighted by Crippen LogP contribution is 2.57. The number of carbonyl (C=O) groups is 1. The van der Waals surface area contributed by atoms with Gasteiger partial charge in [-0.3, -0.25) is 4.79 Å². The number of benzene rings is 1. The van der Waals surface area contributed by atoms with E-state index in [4.69, 9.17) is 9.84 Å². The lowest BCUT2D eigenvalue weighted by atomic mass is 9.69. The average molecular weight is 445 g/mol. The van der Waals surface area contributed by atoms with Crippen LogP contribution in [0, 0.1) is 17.7 Å². The maximum Gasteiger partial charge on any atom is 0.303 e. The van der Waals surface area contributed by atoms with Crippen LogP contribution in [0.25, 0.3) is 0 Å². The van der Waals surface area contributed by atoms with E-state index in [0.29, 0.717) is 18.9 Å². The van der Waals surface area contributed by atoms with E-state index < -0.39 is 12.1 Å². The largest absolute Gasteiger partial charge is 0.481 e. The van der Waals surface area contributed by atoms with Crippen LogP contribution in [0.3, 0.4) is 0 Å². The van der Waals surface area contributed by atoms with Crippen molar-refractivity contribution in [3.63, 3.8) is 0 Å². The zero-order valence-corrected chi connectivity index (χ0v) is 19.1. The number of rotatable bonds is 13. The van der Waals surface area contributed by atoms with Crippen LogP contribution in [0.5, 0.6) is 0 Å². The smallest absolute Gasteiger partial charge is 0.303 e. The van der Waals surface area contributed by atoms with Crippen LogP contribution in [0.15, 0.2) is 48.6 Å². The van der Waals surface area contributed by atoms with Crippen molar-refractivity contribution in [3.05, 3.63) is 60.0 Å². The van der Waals surface area contributed by atoms with Crippen molar-refractivity contribution in [2.75, 3.05) is 6.61 Å². The van der Waals surface area contributed by atoms with Crippen LogP contribution in [0.2, 0.25) is 0 Å². The summed E-state index contributed by atoms with van der Waals surface area (Å²) in [7, 11) is 0. The molecule has 0 aromatic heterocycles. The number of halogens is 1. The maximum absolute atomic E-state index is 13.6. The van der Waals surface area contributed by atoms with Crippen molar-refractivity contribution in [2.45, 2.75) is 82.3 Å². The van der Waals surface area contributed by atoms with Gasteiger partial charge in [0, 0.05) is 17.8 Å². The van der Waals surface area contributed by atoms with Gasteiger partial charge < -0.3 is 14.9 Å². The Kier molecular flexibility index (Phi) is 9.06. The van der Waals surface area contributed by atoms with E-state index in [9.17, 15) is 14.3 Å². The van der Waals surface area contributed by atoms with E-state index in [0.717, 1.165) is 50.5 Å². The molecule has 3 rings (SSSR count). The molecule has 0 spiro atoms. The van der Waals surface area contributed by atoms with Gasteiger partial charge in [0.25, 0.3) is 0 Å². The molecular weight excluding hydrogens is 407 g/mol. The highest BCUT2D eigenvalue weighted by Gasteiger charge is 2.58. The fourth-order valence-electron chi connectivity index (χ4n) is 5.39. The minimum absolute atomic E-state index is 0.101. The van der Waals surface area contributed by atoms with Crippen LogP contribution >= 0.6 is 0 Å². The van der Waals surface area contributed by atoms with Gasteiger partial charge in [-0.15, -0.1) is 0 Å². The summed E-state index contributed by atoms with van der Waals surface area (Å²) in [6, 6.07) is 6.82. The highest BCUT2D eigenvalue weighted by molar-refractivity contribution is 5.66. The Balaban J connectivity index is 1.74. The van der Waals surface area contributed by atoms with Gasteiger partial charge in [0.1, 0.15) is 5.82 Å². The highest BCUT2D eigenvalue weighted by atomic mass is 19.1. The van der Waals surface area contributed by atoms with Crippen LogP contribution in [0.4, 0.5) is 4.39 Å². The lowest BCUT2D eigenvalue weighted by molar-refractivity contribution is -0.137. The molecule has 176 valence electrons. The zero-order valence-electron chi connectivity index (χ0n) is 19.1. The molecule has 0 radical (unpaired) electrons. The molecule has 2 bridgehead atoms. The van der Waals surface area contributed by atoms with Gasteiger partial charge in [-0.1, -0.05) is 62.6 Å². The summed E-state index contributed by atoms with van der Waals surface area (Å²) in [6.07, 6.45) is 15.4. The summed E-state index contributed by atoms with van der Waals surface area (Å²) in [5, 5.41) is 19.2. The van der Waals surface area contributed by atoms with Crippen molar-refractivity contribution in [2.24, 2.45) is 11.8 Å². The molecule has 0 amide bonds. The molecule has 1 heterocycles. The SMILES string of the molecule is CCCCC[C@@H](O)C=C[C@@H]1[C@@H]2C[C@@](c3ccc(F)cc3)(CO2)[C@H]1CC=CCCCC(=O)O. The standard InChI is InChI=1S/C27H37FO4/c1-2-3-6-9-22(29)16-17-23-24(10-7-4-5-8-11-26(30)31)27(18-25(23)32-19-27)20-12-14-21(28)15-13-20/h4,7,12-17,22-25,29H,2-3,5-6,8-11,18-19H2,1H3,(H,30,31)/t22-,23+,24+,25+,27+/m1/s1. The molecule has 5 heteroatoms. The van der Waals surface area contributed by atoms with Gasteiger partial charge in [-0.05, 0) is 55.7 Å². The Morgan fingerprint density at radius 3 is 2.75 bits per heavy atom. The topological polar surface area (TPSA) is 66.8 Å². The summed E-state index contributed by atoms with van der Waals surface area (Å²) in [5.74, 6) is -0.512. The number of aliphatic carboxylic acids is 1. The van der Waals surface area contributed by atoms with Crippen molar-refractivity contribution >= 4 is 5.97 Å². The van der Waals surface area contributed by atoms with Crippen molar-refractivity contribution in [1.29, 1.82) is 0 Å². The molecular formula is C27H37FO4. The Bertz CT molecular complexity index is 787. The Morgan fingerprint density at radius 1 is 1.25 bits per heavy atom. The van der Waals surface area contributed by atoms with Crippen LogP contribution in [-0.2, 0) is 14.9 Å². The fourth-order valence-corrected chi connectivity index (χ4v) is 5.39. The van der Waals surface area contributed by atoms with Crippen LogP contribution in [-0.4, -0.2) is 35.0 Å². The number of aliphatic hydroxyl groups excluding tert-OH is 1. The number of unbranched alkanes of at least 4 members (excludes halogenated alkanes) is 3. The normalized spacial score (nSPS) is 28.2. The molecule has 5 atom stereocenters. The van der Waals surface area contributed by atoms with Gasteiger partial charge in [-0.25, -0.2) is 4.39 Å². The molecule has 1 aliphatic carbocycles. The van der Waals surface area contributed by atoms with Crippen LogP contribution in [0.1, 0.15) is 70.3 Å². The third kappa shape index (κ3) is 6.08. The summed E-state index contributed by atoms with van der Waals surface area (Å²) in [6.45, 7) is 2.79. The molecule has 2 fully saturated rings. The Hall–Kier alpha value is -1.98. The minimum atomic E-state index is -0.762. The summed E-state index contributed by atoms with van der Waals surface area (Å²) in [4.78, 5) is 10.7. The van der Waals surface area contributed by atoms with E-state index in [2.05, 4.69) is 25.2 Å². The summed E-state index contributed by atoms with van der Waals surface area (Å²) >= 11 is 0. The molecule has 2 aliphatic rings. The second-order valence-corrected chi connectivity index (χ2v) is 9.34. The number of carboxylic acids is 1. The third-order valence-electron chi connectivity index (χ3n) is 7.12. The van der Waals surface area contributed by atoms with Crippen molar-refractivity contribution < 1.29 is 24.1 Å². The van der Waals surface area contributed by atoms with Crippen LogP contribution < -0.4 is 0 Å². The summed E-state index contributed by atoms with van der Waals surface area (Å²) < 4.78 is 19.7. The molecule has 2 N–H and O–H groups in total. The number of allylic oxidation sites excluding steroid dienone is 2. The van der Waals surface area contributed by atoms with Gasteiger partial charge in [0.05, 0.1) is 18.8 Å². The lowest BCUT2D eigenvalue weighted by Gasteiger charge is -2.38. The van der Waals surface area contributed by atoms with Crippen molar-refractivity contribution in [3.8, 4) is 0 Å². The molecule has 1 saturated heterocycles. The number of hydrogen-bond acceptors (Lipinski definition) is 3. The Labute approximate surface area is 191 Å². The van der Waals surface area contributed by atoms with E-state index >= 15 is 0 Å². The van der Waals surface area contributed by atoms with E-state index in [-0.39, 0.29) is 29.7 Å². The second kappa shape index (κ2) is 11.8. The maximum atomic E-state index is 13.6. The monoisotopic (exact) mass is 444 g/mol. The molecule has 4 nitrogen and oxygen atoms in total. The first-order valence-electron chi connectivity index (χ1n) is 12.1. The second-order valence-electron chi connectivity index (χ2n) is 9.34. The third-order valence-corrected chi connectivity index (χ3v) is 7.12. The first kappa shape index (κ1) is 24.7. The number of fused-ring (bicyclic) bond motifs is 2. The molecule has 1 aliphatic heterocycles. The lowest BCUT2D eigenvalue weighted by Crippen LogP contribution is -2.39. The predicted molar refractivity (Wildman–Crippen MR) is 124 cm³/mol. The molecule has 32 heavy (non-hydrogen) atoms. The summed E-state index contributed by atoms with van der Waals surface area (Å²) in [5.41, 5.74) is 0.955. The van der Waals surface area contributed by atoms with Gasteiger partial charge in [-0.2, -0.15) is 0 Å². The van der Waals surface area contributed by atoms with Crippen molar-refractivity contribution in [1.82, 2.24) is 0 Å². The number of ether oxygens (including phenoxy) is 1. The molecule has 1 aromatic carbocycles. The van der Waals surface area contributed by atoms with E-state index in [1.54, 1.807) is 0 Å². The first-order valence-corrected chi connectivity index (χ1v) is 12.1. The molecule has 1 saturated carbocycles. The minimum Gasteiger partial charge on any atom is -0.481 e. The van der Waals surface area contributed by atoms with Gasteiger partial charge in [0.15, 0.2) is 0 Å². The number of hydrogen-bond donors (Lipinski definition) is 2. The van der Waals surface area contributed by atoms with Gasteiger partial charge in [0.2, 0.25) is 0 Å². The Morgan fingerprint density at radius 2 is 2.03 bits per heavy atom. The zero-order chi connectivity index (χ0) is 23.0. The van der Waals surface area contributed by atoms with E-state index in [1.165, 1.54) is 12.1 Å². The number of aliphatic hydroxyl groups is 1. The predicted octanol–water partition coefficient (Wildman–Crippen LogP) is 5.80. The first-order chi connectivity index (χ1) is 15.5. The van der Waals surface area contributed by atoms with E-state index in [1.807, 2.05) is 18.2 Å². The number of carboxylic acid groups (broad SMARTS) is 1. The molecule has 0 unspecified atom stereocenters. The molecule has 1 aromatic rings. The quantitative estimate of drug-likeness (QED) is 0.298. The average Bonchev–Trinajstić information content (AvgIpc) is 3.33. The van der Waals surface area contributed by atoms with Gasteiger partial charge >= 0.3 is 5.97 Å². The fraction of sp³-hybridized carbons (Fsp3) is 0.593.